The Morgan fingerprint density at radius 2 is 2.10 bits per heavy atom. The fourth-order valence-electron chi connectivity index (χ4n) is 2.30. The van der Waals surface area contributed by atoms with Gasteiger partial charge in [-0.25, -0.2) is 0 Å². The average Bonchev–Trinajstić information content (AvgIpc) is 2.68. The number of hydrogen-bond donors (Lipinski definition) is 2. The molecule has 4 nitrogen and oxygen atoms in total. The van der Waals surface area contributed by atoms with Crippen LogP contribution in [0.3, 0.4) is 0 Å². The number of rotatable bonds is 4. The molecule has 0 aliphatic carbocycles. The molecular weight excluding hydrogens is 254 g/mol. The summed E-state index contributed by atoms with van der Waals surface area (Å²) in [6.07, 6.45) is 0.245. The molecule has 1 atom stereocenters. The van der Waals surface area contributed by atoms with Gasteiger partial charge in [-0.05, 0) is 44.5 Å². The Bertz CT molecular complexity index is 616. The highest BCUT2D eigenvalue weighted by Gasteiger charge is 2.15. The number of aromatic hydroxyl groups is 1. The maximum Gasteiger partial charge on any atom is 0.224 e. The standard InChI is InChI=1S/C16H19NO3/c1-10-7-15(12(3)20-10)11(2)17-16(19)9-13-5-4-6-14(18)8-13/h4-8,11,18H,9H2,1-3H3,(H,17,19). The van der Waals surface area contributed by atoms with E-state index in [0.717, 1.165) is 22.6 Å². The van der Waals surface area contributed by atoms with Gasteiger partial charge in [0.05, 0.1) is 12.5 Å². The number of benzene rings is 1. The Morgan fingerprint density at radius 3 is 2.70 bits per heavy atom. The van der Waals surface area contributed by atoms with Gasteiger partial charge < -0.3 is 14.8 Å². The van der Waals surface area contributed by atoms with Gasteiger partial charge in [-0.1, -0.05) is 12.1 Å². The maximum atomic E-state index is 12.0. The van der Waals surface area contributed by atoms with Crippen LogP contribution in [-0.2, 0) is 11.2 Å². The van der Waals surface area contributed by atoms with E-state index in [9.17, 15) is 9.90 Å². The topological polar surface area (TPSA) is 62.5 Å². The van der Waals surface area contributed by atoms with Crippen LogP contribution in [0, 0.1) is 13.8 Å². The lowest BCUT2D eigenvalue weighted by Crippen LogP contribution is -2.28. The van der Waals surface area contributed by atoms with Gasteiger partial charge in [0.1, 0.15) is 17.3 Å². The third kappa shape index (κ3) is 3.41. The van der Waals surface area contributed by atoms with Crippen molar-refractivity contribution in [3.63, 3.8) is 0 Å². The molecule has 1 heterocycles. The zero-order chi connectivity index (χ0) is 14.7. The van der Waals surface area contributed by atoms with Crippen LogP contribution < -0.4 is 5.32 Å². The number of furan rings is 1. The van der Waals surface area contributed by atoms with Crippen molar-refractivity contribution in [2.75, 3.05) is 0 Å². The summed E-state index contributed by atoms with van der Waals surface area (Å²) < 4.78 is 5.47. The number of nitrogens with one attached hydrogen (secondary N) is 1. The molecule has 0 bridgehead atoms. The molecule has 4 heteroatoms. The summed E-state index contributed by atoms with van der Waals surface area (Å²) in [6, 6.07) is 8.56. The Balaban J connectivity index is 1.99. The van der Waals surface area contributed by atoms with Crippen molar-refractivity contribution in [2.45, 2.75) is 33.2 Å². The smallest absolute Gasteiger partial charge is 0.224 e. The minimum Gasteiger partial charge on any atom is -0.508 e. The molecule has 0 saturated heterocycles. The van der Waals surface area contributed by atoms with Gasteiger partial charge >= 0.3 is 0 Å². The molecule has 2 N–H and O–H groups in total. The lowest BCUT2D eigenvalue weighted by Gasteiger charge is -2.13. The average molecular weight is 273 g/mol. The molecule has 0 spiro atoms. The molecule has 2 aromatic rings. The Morgan fingerprint density at radius 1 is 1.35 bits per heavy atom. The lowest BCUT2D eigenvalue weighted by atomic mass is 10.1. The van der Waals surface area contributed by atoms with Gasteiger partial charge in [0, 0.05) is 5.56 Å². The summed E-state index contributed by atoms with van der Waals surface area (Å²) in [4.78, 5) is 12.0. The number of hydrogen-bond acceptors (Lipinski definition) is 3. The molecule has 1 amide bonds. The van der Waals surface area contributed by atoms with Crippen molar-refractivity contribution >= 4 is 5.91 Å². The van der Waals surface area contributed by atoms with E-state index in [1.165, 1.54) is 0 Å². The van der Waals surface area contributed by atoms with E-state index in [2.05, 4.69) is 5.32 Å². The molecule has 0 aliphatic rings. The highest BCUT2D eigenvalue weighted by molar-refractivity contribution is 5.79. The van der Waals surface area contributed by atoms with Crippen molar-refractivity contribution in [2.24, 2.45) is 0 Å². The molecule has 0 radical (unpaired) electrons. The van der Waals surface area contributed by atoms with E-state index < -0.39 is 0 Å². The summed E-state index contributed by atoms with van der Waals surface area (Å²) in [6.45, 7) is 5.70. The number of phenols is 1. The van der Waals surface area contributed by atoms with Crippen molar-refractivity contribution in [3.05, 3.63) is 53.0 Å². The molecule has 20 heavy (non-hydrogen) atoms. The van der Waals surface area contributed by atoms with E-state index >= 15 is 0 Å². The van der Waals surface area contributed by atoms with Gasteiger partial charge in [-0.15, -0.1) is 0 Å². The van der Waals surface area contributed by atoms with Crippen molar-refractivity contribution in [1.29, 1.82) is 0 Å². The summed E-state index contributed by atoms with van der Waals surface area (Å²) in [5, 5.41) is 12.3. The predicted molar refractivity (Wildman–Crippen MR) is 76.6 cm³/mol. The minimum atomic E-state index is -0.0998. The first-order chi connectivity index (χ1) is 9.45. The quantitative estimate of drug-likeness (QED) is 0.900. The Hall–Kier alpha value is -2.23. The fraction of sp³-hybridized carbons (Fsp3) is 0.312. The van der Waals surface area contributed by atoms with Crippen LogP contribution in [0.5, 0.6) is 5.75 Å². The predicted octanol–water partition coefficient (Wildman–Crippen LogP) is 3.02. The van der Waals surface area contributed by atoms with E-state index in [-0.39, 0.29) is 24.1 Å². The van der Waals surface area contributed by atoms with E-state index in [1.807, 2.05) is 32.9 Å². The second kappa shape index (κ2) is 5.82. The van der Waals surface area contributed by atoms with Crippen LogP contribution in [0.2, 0.25) is 0 Å². The molecule has 1 aromatic heterocycles. The first-order valence-corrected chi connectivity index (χ1v) is 6.60. The summed E-state index contributed by atoms with van der Waals surface area (Å²) in [5.74, 6) is 1.75. The summed E-state index contributed by atoms with van der Waals surface area (Å²) in [7, 11) is 0. The van der Waals surface area contributed by atoms with E-state index in [0.29, 0.717) is 0 Å². The van der Waals surface area contributed by atoms with Crippen LogP contribution in [0.15, 0.2) is 34.7 Å². The van der Waals surface area contributed by atoms with E-state index in [1.54, 1.807) is 18.2 Å². The van der Waals surface area contributed by atoms with Crippen molar-refractivity contribution < 1.29 is 14.3 Å². The normalized spacial score (nSPS) is 12.2. The molecule has 0 aliphatic heterocycles. The van der Waals surface area contributed by atoms with Gasteiger partial charge in [-0.2, -0.15) is 0 Å². The summed E-state index contributed by atoms with van der Waals surface area (Å²) in [5.41, 5.74) is 1.78. The van der Waals surface area contributed by atoms with Gasteiger partial charge in [0.15, 0.2) is 0 Å². The second-order valence-corrected chi connectivity index (χ2v) is 5.00. The monoisotopic (exact) mass is 273 g/mol. The fourth-order valence-corrected chi connectivity index (χ4v) is 2.30. The van der Waals surface area contributed by atoms with Gasteiger partial charge in [-0.3, -0.25) is 4.79 Å². The van der Waals surface area contributed by atoms with Crippen LogP contribution in [-0.4, -0.2) is 11.0 Å². The third-order valence-corrected chi connectivity index (χ3v) is 3.20. The zero-order valence-corrected chi connectivity index (χ0v) is 11.9. The van der Waals surface area contributed by atoms with Crippen LogP contribution in [0.4, 0.5) is 0 Å². The van der Waals surface area contributed by atoms with Crippen LogP contribution in [0.1, 0.15) is 35.6 Å². The minimum absolute atomic E-state index is 0.0821. The Labute approximate surface area is 118 Å². The molecule has 1 aromatic carbocycles. The number of amides is 1. The number of phenolic OH excluding ortho intramolecular Hbond substituents is 1. The van der Waals surface area contributed by atoms with Crippen molar-refractivity contribution in [1.82, 2.24) is 5.32 Å². The SMILES string of the molecule is Cc1cc(C(C)NC(=O)Cc2cccc(O)c2)c(C)o1. The molecule has 0 saturated carbocycles. The zero-order valence-electron chi connectivity index (χ0n) is 11.9. The molecule has 1 unspecified atom stereocenters. The highest BCUT2D eigenvalue weighted by Crippen LogP contribution is 2.21. The number of carbonyl (C=O) groups excluding carboxylic acids is 1. The Kier molecular flexibility index (Phi) is 4.13. The number of carbonyl (C=O) groups is 1. The molecule has 106 valence electrons. The maximum absolute atomic E-state index is 12.0. The highest BCUT2D eigenvalue weighted by atomic mass is 16.3. The van der Waals surface area contributed by atoms with Gasteiger partial charge in [0.25, 0.3) is 0 Å². The first kappa shape index (κ1) is 14.2. The summed E-state index contributed by atoms with van der Waals surface area (Å²) >= 11 is 0. The second-order valence-electron chi connectivity index (χ2n) is 5.00. The first-order valence-electron chi connectivity index (χ1n) is 6.60. The lowest BCUT2D eigenvalue weighted by molar-refractivity contribution is -0.121. The molecule has 0 fully saturated rings. The van der Waals surface area contributed by atoms with Crippen LogP contribution in [0.25, 0.3) is 0 Å². The number of aryl methyl sites for hydroxylation is 2. The third-order valence-electron chi connectivity index (χ3n) is 3.20. The largest absolute Gasteiger partial charge is 0.508 e. The van der Waals surface area contributed by atoms with Crippen molar-refractivity contribution in [3.8, 4) is 5.75 Å². The van der Waals surface area contributed by atoms with E-state index in [4.69, 9.17) is 4.42 Å². The molecular formula is C16H19NO3. The van der Waals surface area contributed by atoms with Crippen LogP contribution >= 0.6 is 0 Å². The molecule has 2 rings (SSSR count). The van der Waals surface area contributed by atoms with Gasteiger partial charge in [0.2, 0.25) is 5.91 Å².